The van der Waals surface area contributed by atoms with E-state index in [0.717, 1.165) is 47.2 Å². The fourth-order valence-corrected chi connectivity index (χ4v) is 2.66. The van der Waals surface area contributed by atoms with Gasteiger partial charge < -0.3 is 20.1 Å². The van der Waals surface area contributed by atoms with Gasteiger partial charge in [-0.15, -0.1) is 0 Å². The molecule has 0 aliphatic rings. The SMILES string of the molecule is CNCCNc1ccc(-c2ccccc2)cc1Oc1ccc(OC)cc1. The van der Waals surface area contributed by atoms with Crippen molar-refractivity contribution in [3.63, 3.8) is 0 Å². The summed E-state index contributed by atoms with van der Waals surface area (Å²) in [5.74, 6) is 2.38. The van der Waals surface area contributed by atoms with Crippen LogP contribution in [0.15, 0.2) is 72.8 Å². The lowest BCUT2D eigenvalue weighted by atomic mass is 10.0. The van der Waals surface area contributed by atoms with Crippen LogP contribution >= 0.6 is 0 Å². The molecule has 0 bridgehead atoms. The molecule has 0 radical (unpaired) electrons. The second kappa shape index (κ2) is 8.92. The van der Waals surface area contributed by atoms with E-state index in [4.69, 9.17) is 9.47 Å². The predicted molar refractivity (Wildman–Crippen MR) is 107 cm³/mol. The second-order valence-corrected chi connectivity index (χ2v) is 5.88. The highest BCUT2D eigenvalue weighted by atomic mass is 16.5. The Kier molecular flexibility index (Phi) is 6.12. The van der Waals surface area contributed by atoms with Crippen LogP contribution in [0, 0.1) is 0 Å². The third-order valence-corrected chi connectivity index (χ3v) is 4.07. The predicted octanol–water partition coefficient (Wildman–Crippen LogP) is 4.79. The maximum atomic E-state index is 6.16. The smallest absolute Gasteiger partial charge is 0.151 e. The summed E-state index contributed by atoms with van der Waals surface area (Å²) in [6.45, 7) is 1.70. The van der Waals surface area contributed by atoms with E-state index in [-0.39, 0.29) is 0 Å². The summed E-state index contributed by atoms with van der Waals surface area (Å²) in [4.78, 5) is 0. The number of nitrogens with one attached hydrogen (secondary N) is 2. The third-order valence-electron chi connectivity index (χ3n) is 4.07. The first-order valence-electron chi connectivity index (χ1n) is 8.70. The molecule has 0 aliphatic carbocycles. The zero-order valence-electron chi connectivity index (χ0n) is 15.2. The molecule has 134 valence electrons. The fraction of sp³-hybridized carbons (Fsp3) is 0.182. The van der Waals surface area contributed by atoms with E-state index < -0.39 is 0 Å². The summed E-state index contributed by atoms with van der Waals surface area (Å²) in [6, 6.07) is 24.1. The van der Waals surface area contributed by atoms with Crippen molar-refractivity contribution >= 4 is 5.69 Å². The summed E-state index contributed by atoms with van der Waals surface area (Å²) in [7, 11) is 3.60. The molecule has 2 N–H and O–H groups in total. The largest absolute Gasteiger partial charge is 0.497 e. The van der Waals surface area contributed by atoms with Gasteiger partial charge in [0, 0.05) is 13.1 Å². The molecule has 0 amide bonds. The van der Waals surface area contributed by atoms with Crippen molar-refractivity contribution < 1.29 is 9.47 Å². The molecule has 3 aromatic carbocycles. The van der Waals surface area contributed by atoms with E-state index in [9.17, 15) is 0 Å². The van der Waals surface area contributed by atoms with Crippen molar-refractivity contribution in [2.45, 2.75) is 0 Å². The lowest BCUT2D eigenvalue weighted by Gasteiger charge is -2.15. The van der Waals surface area contributed by atoms with Crippen molar-refractivity contribution in [3.05, 3.63) is 72.8 Å². The molecule has 4 heteroatoms. The third kappa shape index (κ3) is 4.55. The maximum absolute atomic E-state index is 6.16. The van der Waals surface area contributed by atoms with E-state index in [1.165, 1.54) is 0 Å². The Morgan fingerprint density at radius 2 is 1.50 bits per heavy atom. The molecule has 0 aliphatic heterocycles. The van der Waals surface area contributed by atoms with Gasteiger partial charge in [0.2, 0.25) is 0 Å². The highest BCUT2D eigenvalue weighted by Gasteiger charge is 2.08. The Balaban J connectivity index is 1.89. The highest BCUT2D eigenvalue weighted by Crippen LogP contribution is 2.34. The summed E-state index contributed by atoms with van der Waals surface area (Å²) >= 11 is 0. The maximum Gasteiger partial charge on any atom is 0.151 e. The van der Waals surface area contributed by atoms with E-state index in [1.54, 1.807) is 7.11 Å². The minimum Gasteiger partial charge on any atom is -0.497 e. The topological polar surface area (TPSA) is 42.5 Å². The average Bonchev–Trinajstić information content (AvgIpc) is 2.70. The number of benzene rings is 3. The molecule has 0 atom stereocenters. The number of anilines is 1. The molecule has 0 aromatic heterocycles. The van der Waals surface area contributed by atoms with Gasteiger partial charge in [0.25, 0.3) is 0 Å². The van der Waals surface area contributed by atoms with Crippen molar-refractivity contribution in [3.8, 4) is 28.4 Å². The zero-order chi connectivity index (χ0) is 18.2. The van der Waals surface area contributed by atoms with Gasteiger partial charge in [-0.05, 0) is 54.6 Å². The fourth-order valence-electron chi connectivity index (χ4n) is 2.66. The lowest BCUT2D eigenvalue weighted by Crippen LogP contribution is -2.17. The molecule has 0 saturated carbocycles. The van der Waals surface area contributed by atoms with Gasteiger partial charge in [0.1, 0.15) is 11.5 Å². The number of rotatable bonds is 8. The highest BCUT2D eigenvalue weighted by molar-refractivity contribution is 5.71. The summed E-state index contributed by atoms with van der Waals surface area (Å²) in [6.07, 6.45) is 0. The average molecular weight is 348 g/mol. The summed E-state index contributed by atoms with van der Waals surface area (Å²) in [5.41, 5.74) is 3.25. The summed E-state index contributed by atoms with van der Waals surface area (Å²) < 4.78 is 11.4. The van der Waals surface area contributed by atoms with Gasteiger partial charge in [0.05, 0.1) is 12.8 Å². The molecule has 26 heavy (non-hydrogen) atoms. The minimum absolute atomic E-state index is 0.771. The van der Waals surface area contributed by atoms with Crippen LogP contribution in [0.4, 0.5) is 5.69 Å². The molecular formula is C22H24N2O2. The van der Waals surface area contributed by atoms with Gasteiger partial charge in [-0.25, -0.2) is 0 Å². The van der Waals surface area contributed by atoms with Crippen molar-refractivity contribution in [1.82, 2.24) is 5.32 Å². The van der Waals surface area contributed by atoms with Crippen LogP contribution in [0.2, 0.25) is 0 Å². The normalized spacial score (nSPS) is 10.4. The quantitative estimate of drug-likeness (QED) is 0.575. The standard InChI is InChI=1S/C22H24N2O2/c1-23-14-15-24-21-13-8-18(17-6-4-3-5-7-17)16-22(21)26-20-11-9-19(25-2)10-12-20/h3-13,16,23-24H,14-15H2,1-2H3. The zero-order valence-corrected chi connectivity index (χ0v) is 15.2. The van der Waals surface area contributed by atoms with Gasteiger partial charge in [0.15, 0.2) is 5.75 Å². The van der Waals surface area contributed by atoms with Gasteiger partial charge in [-0.3, -0.25) is 0 Å². The van der Waals surface area contributed by atoms with Crippen LogP contribution in [0.5, 0.6) is 17.2 Å². The van der Waals surface area contributed by atoms with Crippen LogP contribution in [0.1, 0.15) is 0 Å². The first-order valence-corrected chi connectivity index (χ1v) is 8.70. The van der Waals surface area contributed by atoms with Crippen LogP contribution in [-0.4, -0.2) is 27.2 Å². The number of methoxy groups -OCH3 is 1. The number of hydrogen-bond acceptors (Lipinski definition) is 4. The number of ether oxygens (including phenoxy) is 2. The molecule has 3 aromatic rings. The van der Waals surface area contributed by atoms with Gasteiger partial charge >= 0.3 is 0 Å². The number of likely N-dealkylation sites (N-methyl/N-ethyl adjacent to an activating group) is 1. The first kappa shape index (κ1) is 17.8. The van der Waals surface area contributed by atoms with Crippen molar-refractivity contribution in [1.29, 1.82) is 0 Å². The molecule has 3 rings (SSSR count). The molecule has 0 spiro atoms. The Morgan fingerprint density at radius 3 is 2.19 bits per heavy atom. The molecule has 4 nitrogen and oxygen atoms in total. The molecule has 0 fully saturated rings. The van der Waals surface area contributed by atoms with Crippen LogP contribution in [0.3, 0.4) is 0 Å². The molecular weight excluding hydrogens is 324 g/mol. The molecule has 0 heterocycles. The van der Waals surface area contributed by atoms with E-state index in [2.05, 4.69) is 41.0 Å². The van der Waals surface area contributed by atoms with E-state index in [1.807, 2.05) is 49.5 Å². The van der Waals surface area contributed by atoms with Crippen LogP contribution in [-0.2, 0) is 0 Å². The lowest BCUT2D eigenvalue weighted by molar-refractivity contribution is 0.413. The van der Waals surface area contributed by atoms with Crippen molar-refractivity contribution in [2.24, 2.45) is 0 Å². The Labute approximate surface area is 154 Å². The molecule has 0 saturated heterocycles. The Morgan fingerprint density at radius 1 is 0.769 bits per heavy atom. The van der Waals surface area contributed by atoms with E-state index in [0.29, 0.717) is 0 Å². The Hall–Kier alpha value is -2.98. The van der Waals surface area contributed by atoms with Gasteiger partial charge in [-0.1, -0.05) is 36.4 Å². The van der Waals surface area contributed by atoms with E-state index >= 15 is 0 Å². The number of hydrogen-bond donors (Lipinski definition) is 2. The summed E-state index contributed by atoms with van der Waals surface area (Å²) in [5, 5.41) is 6.56. The minimum atomic E-state index is 0.771. The molecule has 0 unspecified atom stereocenters. The van der Waals surface area contributed by atoms with Crippen molar-refractivity contribution in [2.75, 3.05) is 32.6 Å². The van der Waals surface area contributed by atoms with Crippen LogP contribution < -0.4 is 20.1 Å². The van der Waals surface area contributed by atoms with Crippen LogP contribution in [0.25, 0.3) is 11.1 Å². The first-order chi connectivity index (χ1) is 12.8. The Bertz CT molecular complexity index is 817. The monoisotopic (exact) mass is 348 g/mol. The second-order valence-electron chi connectivity index (χ2n) is 5.88. The van der Waals surface area contributed by atoms with Gasteiger partial charge in [-0.2, -0.15) is 0 Å².